The summed E-state index contributed by atoms with van der Waals surface area (Å²) >= 11 is 0. The van der Waals surface area contributed by atoms with Crippen LogP contribution in [0.1, 0.15) is 66.9 Å². The molecule has 0 unspecified atom stereocenters. The Balaban J connectivity index is 1.49. The number of alkyl halides is 6. The zero-order valence-electron chi connectivity index (χ0n) is 25.6. The molecule has 0 saturated carbocycles. The van der Waals surface area contributed by atoms with Crippen molar-refractivity contribution in [1.82, 2.24) is 19.8 Å². The molecular formula is C33H34F6N4O4. The third-order valence-electron chi connectivity index (χ3n) is 8.55. The van der Waals surface area contributed by atoms with E-state index in [9.17, 15) is 35.9 Å². The minimum absolute atomic E-state index is 0.0334. The number of piperidine rings is 2. The molecule has 2 aromatic heterocycles. The molecule has 3 aromatic rings. The van der Waals surface area contributed by atoms with Gasteiger partial charge in [-0.3, -0.25) is 19.6 Å². The number of hydrogen-bond donors (Lipinski definition) is 0. The van der Waals surface area contributed by atoms with E-state index in [0.717, 1.165) is 42.7 Å². The van der Waals surface area contributed by atoms with Crippen LogP contribution < -0.4 is 9.47 Å². The summed E-state index contributed by atoms with van der Waals surface area (Å²) in [5, 5.41) is 0. The lowest BCUT2D eigenvalue weighted by atomic mass is 9.79. The van der Waals surface area contributed by atoms with Crippen molar-refractivity contribution in [3.05, 3.63) is 83.9 Å². The lowest BCUT2D eigenvalue weighted by Crippen LogP contribution is -2.68. The van der Waals surface area contributed by atoms with Crippen molar-refractivity contribution in [2.75, 3.05) is 19.6 Å². The molecule has 2 fully saturated rings. The topological polar surface area (TPSA) is 84.9 Å². The van der Waals surface area contributed by atoms with Gasteiger partial charge in [0, 0.05) is 57.5 Å². The fraction of sp³-hybridized carbons (Fsp3) is 0.455. The molecule has 1 aromatic carbocycles. The second-order valence-corrected chi connectivity index (χ2v) is 11.6. The number of ether oxygens (including phenoxy) is 2. The molecule has 0 bridgehead atoms. The molecule has 2 saturated heterocycles. The first-order valence-corrected chi connectivity index (χ1v) is 15.4. The van der Waals surface area contributed by atoms with Gasteiger partial charge in [0.15, 0.2) is 0 Å². The van der Waals surface area contributed by atoms with E-state index in [1.807, 2.05) is 0 Å². The first-order valence-electron chi connectivity index (χ1n) is 15.4. The fourth-order valence-electron chi connectivity index (χ4n) is 6.35. The minimum Gasteiger partial charge on any atom is -0.489 e. The first kappa shape index (κ1) is 34.0. The zero-order chi connectivity index (χ0) is 33.8. The number of carbonyl (C=O) groups excluding carboxylic acids is 2. The molecule has 0 aliphatic carbocycles. The Morgan fingerprint density at radius 2 is 1.60 bits per heavy atom. The Labute approximate surface area is 267 Å². The van der Waals surface area contributed by atoms with Crippen LogP contribution in [-0.4, -0.2) is 69.0 Å². The number of rotatable bonds is 8. The maximum Gasteiger partial charge on any atom is 0.417 e. The standard InChI is InChI=1S/C33H34F6N4O4/c1-2-5-28-31(47-24-9-7-22(8-10-24)32(34,35)36,30(45)42-18-12-23(13-19-42)46-25-6-3-15-40-20-25)14-4-17-43(28)29(44)26-21-41-16-11-27(26)33(37,38)39/h3,6-11,15-16,20-21,23,28H,2,4-5,12-14,17-19H2,1H3/t28-,31+/m1/s1. The summed E-state index contributed by atoms with van der Waals surface area (Å²) in [6.45, 7) is 2.37. The number of pyridine rings is 2. The van der Waals surface area contributed by atoms with Gasteiger partial charge in [-0.25, -0.2) is 0 Å². The maximum absolute atomic E-state index is 14.6. The molecular weight excluding hydrogens is 630 g/mol. The van der Waals surface area contributed by atoms with Crippen LogP contribution in [0.25, 0.3) is 0 Å². The van der Waals surface area contributed by atoms with E-state index in [1.165, 1.54) is 4.90 Å². The number of likely N-dealkylation sites (tertiary alicyclic amines) is 2. The molecule has 8 nitrogen and oxygen atoms in total. The van der Waals surface area contributed by atoms with E-state index in [2.05, 4.69) is 9.97 Å². The fourth-order valence-corrected chi connectivity index (χ4v) is 6.35. The number of nitrogens with zero attached hydrogens (tertiary/aromatic N) is 4. The van der Waals surface area contributed by atoms with Gasteiger partial charge in [-0.1, -0.05) is 13.3 Å². The molecule has 2 amide bonds. The molecule has 5 rings (SSSR count). The molecule has 4 heterocycles. The number of halogens is 6. The highest BCUT2D eigenvalue weighted by Crippen LogP contribution is 2.41. The van der Waals surface area contributed by atoms with Crippen LogP contribution >= 0.6 is 0 Å². The Hall–Kier alpha value is -4.36. The summed E-state index contributed by atoms with van der Waals surface area (Å²) in [5.74, 6) is -0.901. The smallest absolute Gasteiger partial charge is 0.417 e. The number of amides is 2. The second-order valence-electron chi connectivity index (χ2n) is 11.6. The lowest BCUT2D eigenvalue weighted by molar-refractivity contribution is -0.161. The van der Waals surface area contributed by atoms with Crippen LogP contribution in [0.5, 0.6) is 11.5 Å². The lowest BCUT2D eigenvalue weighted by Gasteiger charge is -2.50. The highest BCUT2D eigenvalue weighted by Gasteiger charge is 2.56. The van der Waals surface area contributed by atoms with E-state index in [1.54, 1.807) is 36.4 Å². The average Bonchev–Trinajstić information content (AvgIpc) is 3.05. The monoisotopic (exact) mass is 664 g/mol. The van der Waals surface area contributed by atoms with Crippen molar-refractivity contribution in [3.63, 3.8) is 0 Å². The summed E-state index contributed by atoms with van der Waals surface area (Å²) in [5.41, 5.74) is -4.52. The Kier molecular flexibility index (Phi) is 9.97. The van der Waals surface area contributed by atoms with Crippen LogP contribution in [0.15, 0.2) is 67.3 Å². The number of hydrogen-bond acceptors (Lipinski definition) is 6. The van der Waals surface area contributed by atoms with Crippen LogP contribution in [0, 0.1) is 0 Å². The van der Waals surface area contributed by atoms with Gasteiger partial charge >= 0.3 is 12.4 Å². The summed E-state index contributed by atoms with van der Waals surface area (Å²) in [4.78, 5) is 39.2. The average molecular weight is 665 g/mol. The summed E-state index contributed by atoms with van der Waals surface area (Å²) in [7, 11) is 0. The predicted octanol–water partition coefficient (Wildman–Crippen LogP) is 6.81. The summed E-state index contributed by atoms with van der Waals surface area (Å²) < 4.78 is 94.2. The molecule has 2 aliphatic rings. The van der Waals surface area contributed by atoms with Crippen LogP contribution in [-0.2, 0) is 17.1 Å². The van der Waals surface area contributed by atoms with Crippen molar-refractivity contribution in [2.24, 2.45) is 0 Å². The molecule has 0 radical (unpaired) electrons. The van der Waals surface area contributed by atoms with Gasteiger partial charge < -0.3 is 19.3 Å². The van der Waals surface area contributed by atoms with E-state index in [0.29, 0.717) is 25.0 Å². The normalized spacial score (nSPS) is 21.0. The van der Waals surface area contributed by atoms with Crippen LogP contribution in [0.4, 0.5) is 26.3 Å². The van der Waals surface area contributed by atoms with Crippen molar-refractivity contribution in [3.8, 4) is 11.5 Å². The first-order chi connectivity index (χ1) is 22.3. The predicted molar refractivity (Wildman–Crippen MR) is 157 cm³/mol. The number of aromatic nitrogens is 2. The minimum atomic E-state index is -4.84. The van der Waals surface area contributed by atoms with Crippen LogP contribution in [0.2, 0.25) is 0 Å². The van der Waals surface area contributed by atoms with Crippen molar-refractivity contribution >= 4 is 11.8 Å². The number of carbonyl (C=O) groups is 2. The Bertz CT molecular complexity index is 1530. The Morgan fingerprint density at radius 3 is 2.21 bits per heavy atom. The van der Waals surface area contributed by atoms with Crippen molar-refractivity contribution in [1.29, 1.82) is 0 Å². The largest absolute Gasteiger partial charge is 0.489 e. The highest BCUT2D eigenvalue weighted by atomic mass is 19.4. The zero-order valence-corrected chi connectivity index (χ0v) is 25.6. The van der Waals surface area contributed by atoms with Gasteiger partial charge in [0.1, 0.15) is 17.6 Å². The van der Waals surface area contributed by atoms with Gasteiger partial charge in [0.25, 0.3) is 11.8 Å². The highest BCUT2D eigenvalue weighted by molar-refractivity contribution is 5.97. The summed E-state index contributed by atoms with van der Waals surface area (Å²) in [6.07, 6.45) is -2.83. The quantitative estimate of drug-likeness (QED) is 0.246. The Morgan fingerprint density at radius 1 is 0.894 bits per heavy atom. The second kappa shape index (κ2) is 13.8. The van der Waals surface area contributed by atoms with Gasteiger partial charge in [-0.2, -0.15) is 26.3 Å². The van der Waals surface area contributed by atoms with Gasteiger partial charge in [-0.05, 0) is 55.3 Å². The molecule has 0 N–H and O–H groups in total. The van der Waals surface area contributed by atoms with Crippen LogP contribution in [0.3, 0.4) is 0 Å². The van der Waals surface area contributed by atoms with Gasteiger partial charge in [0.05, 0.1) is 28.9 Å². The summed E-state index contributed by atoms with van der Waals surface area (Å²) in [6, 6.07) is 7.09. The van der Waals surface area contributed by atoms with E-state index >= 15 is 0 Å². The SMILES string of the molecule is CCC[C@H]1N(C(=O)c2cnccc2C(F)(F)F)CCC[C@@]1(Oc1ccc(C(F)(F)F)cc1)C(=O)N1CCC(Oc2cccnc2)CC1. The molecule has 2 atom stereocenters. The molecule has 2 aliphatic heterocycles. The van der Waals surface area contributed by atoms with Crippen molar-refractivity contribution < 1.29 is 45.4 Å². The number of benzene rings is 1. The van der Waals surface area contributed by atoms with E-state index in [-0.39, 0.29) is 50.8 Å². The molecule has 47 heavy (non-hydrogen) atoms. The van der Waals surface area contributed by atoms with E-state index < -0.39 is 52.5 Å². The molecule has 252 valence electrons. The van der Waals surface area contributed by atoms with Crippen molar-refractivity contribution in [2.45, 2.75) is 75.5 Å². The van der Waals surface area contributed by atoms with E-state index in [4.69, 9.17) is 9.47 Å². The molecule has 0 spiro atoms. The molecule has 14 heteroatoms. The van der Waals surface area contributed by atoms with Gasteiger partial charge in [0.2, 0.25) is 5.60 Å². The maximum atomic E-state index is 14.6. The third kappa shape index (κ3) is 7.46. The van der Waals surface area contributed by atoms with Gasteiger partial charge in [-0.15, -0.1) is 0 Å². The third-order valence-corrected chi connectivity index (χ3v) is 8.55.